The average molecular weight is 155 g/mol. The zero-order valence-electron chi connectivity index (χ0n) is 5.90. The fraction of sp³-hybridized carbons (Fsp3) is 0.333. The Bertz CT molecular complexity index is 256. The van der Waals surface area contributed by atoms with Gasteiger partial charge in [-0.1, -0.05) is 0 Å². The number of nitrogens with zero attached hydrogens (tertiary/aromatic N) is 2. The van der Waals surface area contributed by atoms with Crippen molar-refractivity contribution < 1.29 is 9.90 Å². The van der Waals surface area contributed by atoms with Gasteiger partial charge in [0.25, 0.3) is 0 Å². The van der Waals surface area contributed by atoms with E-state index in [0.29, 0.717) is 13.1 Å². The number of hydrogen-bond acceptors (Lipinski definition) is 3. The predicted molar refractivity (Wildman–Crippen MR) is 38.2 cm³/mol. The largest absolute Gasteiger partial charge is 0.476 e. The second-order valence-corrected chi connectivity index (χ2v) is 2.09. The Morgan fingerprint density at radius 1 is 1.82 bits per heavy atom. The van der Waals surface area contributed by atoms with Crippen molar-refractivity contribution >= 4 is 5.97 Å². The Balaban J connectivity index is 2.73. The summed E-state index contributed by atoms with van der Waals surface area (Å²) in [7, 11) is 0. The number of rotatable bonds is 3. The van der Waals surface area contributed by atoms with Crippen molar-refractivity contribution in [1.82, 2.24) is 9.55 Å². The van der Waals surface area contributed by atoms with Crippen LogP contribution in [0.3, 0.4) is 0 Å². The minimum atomic E-state index is -1.01. The van der Waals surface area contributed by atoms with Gasteiger partial charge in [-0.15, -0.1) is 0 Å². The van der Waals surface area contributed by atoms with Crippen molar-refractivity contribution in [1.29, 1.82) is 0 Å². The van der Waals surface area contributed by atoms with E-state index in [1.807, 2.05) is 0 Å². The summed E-state index contributed by atoms with van der Waals surface area (Å²) in [6.07, 6.45) is 2.91. The summed E-state index contributed by atoms with van der Waals surface area (Å²) in [5.74, 6) is -1.01. The molecule has 0 fully saturated rings. The molecule has 1 aromatic rings. The van der Waals surface area contributed by atoms with E-state index in [1.165, 1.54) is 12.5 Å². The molecule has 5 heteroatoms. The molecule has 3 N–H and O–H groups in total. The van der Waals surface area contributed by atoms with Gasteiger partial charge in [0, 0.05) is 19.3 Å². The highest BCUT2D eigenvalue weighted by Gasteiger charge is 2.04. The van der Waals surface area contributed by atoms with Gasteiger partial charge in [0.1, 0.15) is 0 Å². The van der Waals surface area contributed by atoms with Crippen molar-refractivity contribution in [3.8, 4) is 0 Å². The van der Waals surface area contributed by atoms with Gasteiger partial charge in [0.15, 0.2) is 5.69 Å². The van der Waals surface area contributed by atoms with Crippen LogP contribution in [0.2, 0.25) is 0 Å². The molecule has 60 valence electrons. The van der Waals surface area contributed by atoms with Gasteiger partial charge in [0.05, 0.1) is 6.33 Å². The molecule has 1 rings (SSSR count). The zero-order chi connectivity index (χ0) is 8.27. The van der Waals surface area contributed by atoms with Crippen molar-refractivity contribution in [2.45, 2.75) is 6.54 Å². The fourth-order valence-electron chi connectivity index (χ4n) is 0.742. The molecule has 0 aliphatic rings. The zero-order valence-corrected chi connectivity index (χ0v) is 5.90. The quantitative estimate of drug-likeness (QED) is 0.618. The number of imidazole rings is 1. The molecule has 0 aliphatic heterocycles. The maximum Gasteiger partial charge on any atom is 0.356 e. The highest BCUT2D eigenvalue weighted by molar-refractivity contribution is 5.84. The Labute approximate surface area is 63.5 Å². The lowest BCUT2D eigenvalue weighted by atomic mass is 10.5. The lowest BCUT2D eigenvalue weighted by Crippen LogP contribution is -2.08. The normalized spacial score (nSPS) is 9.91. The molecule has 0 saturated carbocycles. The number of aromatic nitrogens is 2. The maximum absolute atomic E-state index is 10.3. The van der Waals surface area contributed by atoms with Crippen LogP contribution in [-0.4, -0.2) is 27.2 Å². The molecule has 0 aliphatic carbocycles. The fourth-order valence-corrected chi connectivity index (χ4v) is 0.742. The van der Waals surface area contributed by atoms with Crippen molar-refractivity contribution in [3.05, 3.63) is 18.2 Å². The summed E-state index contributed by atoms with van der Waals surface area (Å²) in [4.78, 5) is 14.0. The Morgan fingerprint density at radius 2 is 2.55 bits per heavy atom. The molecule has 0 atom stereocenters. The van der Waals surface area contributed by atoms with E-state index in [2.05, 4.69) is 4.98 Å². The second kappa shape index (κ2) is 3.16. The standard InChI is InChI=1S/C6H9N3O2/c7-1-2-9-3-5(6(10)11)8-4-9/h3-4H,1-2,7H2,(H,10,11). The third-order valence-electron chi connectivity index (χ3n) is 1.24. The van der Waals surface area contributed by atoms with E-state index < -0.39 is 5.97 Å². The molecule has 0 amide bonds. The Hall–Kier alpha value is -1.36. The van der Waals surface area contributed by atoms with Gasteiger partial charge in [0.2, 0.25) is 0 Å². The van der Waals surface area contributed by atoms with Crippen molar-refractivity contribution in [2.24, 2.45) is 5.73 Å². The number of carboxylic acid groups (broad SMARTS) is 1. The van der Waals surface area contributed by atoms with Crippen LogP contribution in [0.25, 0.3) is 0 Å². The molecule has 11 heavy (non-hydrogen) atoms. The first-order valence-electron chi connectivity index (χ1n) is 3.19. The topological polar surface area (TPSA) is 81.1 Å². The first kappa shape index (κ1) is 7.74. The predicted octanol–water partition coefficient (Wildman–Crippen LogP) is -0.460. The van der Waals surface area contributed by atoms with Crippen LogP contribution in [-0.2, 0) is 6.54 Å². The summed E-state index contributed by atoms with van der Waals surface area (Å²) in [6, 6.07) is 0. The summed E-state index contributed by atoms with van der Waals surface area (Å²) in [5.41, 5.74) is 5.30. The molecule has 0 radical (unpaired) electrons. The first-order chi connectivity index (χ1) is 5.24. The van der Waals surface area contributed by atoms with E-state index in [9.17, 15) is 4.79 Å². The molecule has 0 spiro atoms. The number of nitrogens with two attached hydrogens (primary N) is 1. The van der Waals surface area contributed by atoms with Gasteiger partial charge >= 0.3 is 5.97 Å². The molecule has 1 aromatic heterocycles. The molecular formula is C6H9N3O2. The highest BCUT2D eigenvalue weighted by Crippen LogP contribution is 1.94. The minimum absolute atomic E-state index is 0.0541. The van der Waals surface area contributed by atoms with E-state index in [-0.39, 0.29) is 5.69 Å². The summed E-state index contributed by atoms with van der Waals surface area (Å²) >= 11 is 0. The number of aromatic carboxylic acids is 1. The van der Waals surface area contributed by atoms with Gasteiger partial charge < -0.3 is 15.4 Å². The van der Waals surface area contributed by atoms with E-state index >= 15 is 0 Å². The molecule has 0 unspecified atom stereocenters. The monoisotopic (exact) mass is 155 g/mol. The van der Waals surface area contributed by atoms with Crippen LogP contribution in [0.4, 0.5) is 0 Å². The third kappa shape index (κ3) is 1.78. The van der Waals surface area contributed by atoms with E-state index in [4.69, 9.17) is 10.8 Å². The summed E-state index contributed by atoms with van der Waals surface area (Å²) in [6.45, 7) is 1.08. The summed E-state index contributed by atoms with van der Waals surface area (Å²) < 4.78 is 1.64. The van der Waals surface area contributed by atoms with Crippen LogP contribution in [0.15, 0.2) is 12.5 Å². The molecule has 0 aromatic carbocycles. The van der Waals surface area contributed by atoms with Gasteiger partial charge in [-0.25, -0.2) is 9.78 Å². The summed E-state index contributed by atoms with van der Waals surface area (Å²) in [5, 5.41) is 8.46. The van der Waals surface area contributed by atoms with Crippen molar-refractivity contribution in [3.63, 3.8) is 0 Å². The lowest BCUT2D eigenvalue weighted by molar-refractivity contribution is 0.0691. The molecule has 5 nitrogen and oxygen atoms in total. The average Bonchev–Trinajstić information content (AvgIpc) is 2.37. The van der Waals surface area contributed by atoms with Crippen LogP contribution in [0, 0.1) is 0 Å². The molecule has 0 bridgehead atoms. The third-order valence-corrected chi connectivity index (χ3v) is 1.24. The maximum atomic E-state index is 10.3. The molecule has 0 saturated heterocycles. The number of hydrogen-bond donors (Lipinski definition) is 2. The smallest absolute Gasteiger partial charge is 0.356 e. The minimum Gasteiger partial charge on any atom is -0.476 e. The Kier molecular flexibility index (Phi) is 2.22. The molecular weight excluding hydrogens is 146 g/mol. The Morgan fingerprint density at radius 3 is 3.00 bits per heavy atom. The number of carboxylic acids is 1. The highest BCUT2D eigenvalue weighted by atomic mass is 16.4. The number of carbonyl (C=O) groups is 1. The van der Waals surface area contributed by atoms with E-state index in [0.717, 1.165) is 0 Å². The lowest BCUT2D eigenvalue weighted by Gasteiger charge is -1.94. The SMILES string of the molecule is NCCn1cnc(C(=O)O)c1. The van der Waals surface area contributed by atoms with E-state index in [1.54, 1.807) is 4.57 Å². The van der Waals surface area contributed by atoms with Crippen LogP contribution in [0.5, 0.6) is 0 Å². The van der Waals surface area contributed by atoms with Crippen LogP contribution >= 0.6 is 0 Å². The van der Waals surface area contributed by atoms with Gasteiger partial charge in [-0.05, 0) is 0 Å². The van der Waals surface area contributed by atoms with Gasteiger partial charge in [-0.2, -0.15) is 0 Å². The van der Waals surface area contributed by atoms with Crippen LogP contribution < -0.4 is 5.73 Å². The van der Waals surface area contributed by atoms with Crippen molar-refractivity contribution in [2.75, 3.05) is 6.54 Å². The van der Waals surface area contributed by atoms with Gasteiger partial charge in [-0.3, -0.25) is 0 Å². The second-order valence-electron chi connectivity index (χ2n) is 2.09. The molecule has 1 heterocycles. The van der Waals surface area contributed by atoms with Crippen LogP contribution in [0.1, 0.15) is 10.5 Å². The first-order valence-corrected chi connectivity index (χ1v) is 3.19.